The van der Waals surface area contributed by atoms with E-state index in [2.05, 4.69) is 36.4 Å². The Bertz CT molecular complexity index is 1120. The summed E-state index contributed by atoms with van der Waals surface area (Å²) in [7, 11) is 0. The Morgan fingerprint density at radius 1 is 0.552 bits per heavy atom. The van der Waals surface area contributed by atoms with Crippen molar-refractivity contribution in [1.29, 1.82) is 0 Å². The lowest BCUT2D eigenvalue weighted by Gasteiger charge is -2.18. The van der Waals surface area contributed by atoms with E-state index in [0.29, 0.717) is 5.90 Å². The second-order valence-corrected chi connectivity index (χ2v) is 7.01. The van der Waals surface area contributed by atoms with Crippen molar-refractivity contribution in [2.24, 2.45) is 4.99 Å². The van der Waals surface area contributed by atoms with Gasteiger partial charge in [0.1, 0.15) is 11.7 Å². The minimum Gasteiger partial charge on any atom is -0.465 e. The monoisotopic (exact) mass is 376 g/mol. The van der Waals surface area contributed by atoms with Gasteiger partial charge in [0.15, 0.2) is 6.10 Å². The van der Waals surface area contributed by atoms with Gasteiger partial charge in [-0.2, -0.15) is 0 Å². The van der Waals surface area contributed by atoms with E-state index in [1.807, 2.05) is 72.8 Å². The van der Waals surface area contributed by atoms with Gasteiger partial charge < -0.3 is 4.74 Å². The van der Waals surface area contributed by atoms with Crippen LogP contribution >= 0.6 is 0 Å². The van der Waals surface area contributed by atoms with Crippen molar-refractivity contribution in [2.75, 3.05) is 0 Å². The maximum Gasteiger partial charge on any atom is 0.236 e. The molecule has 29 heavy (non-hydrogen) atoms. The Morgan fingerprint density at radius 3 is 1.83 bits per heavy atom. The summed E-state index contributed by atoms with van der Waals surface area (Å²) in [5, 5.41) is 0. The highest BCUT2D eigenvalue weighted by Crippen LogP contribution is 2.40. The first-order valence-corrected chi connectivity index (χ1v) is 9.76. The van der Waals surface area contributed by atoms with Crippen LogP contribution in [0, 0.1) is 0 Å². The van der Waals surface area contributed by atoms with Crippen LogP contribution in [-0.2, 0) is 4.74 Å². The fraction of sp³-hybridized carbons (Fsp3) is 0.0769. The van der Waals surface area contributed by atoms with Crippen LogP contribution in [0.25, 0.3) is 11.3 Å². The Labute approximate surface area is 170 Å². The van der Waals surface area contributed by atoms with Crippen LogP contribution in [0.2, 0.25) is 0 Å². The van der Waals surface area contributed by atoms with Crippen molar-refractivity contribution in [3.05, 3.63) is 126 Å². The molecule has 3 nitrogen and oxygen atoms in total. The summed E-state index contributed by atoms with van der Waals surface area (Å²) in [5.41, 5.74) is 4.99. The second-order valence-electron chi connectivity index (χ2n) is 7.01. The van der Waals surface area contributed by atoms with Crippen LogP contribution in [-0.4, -0.2) is 10.9 Å². The summed E-state index contributed by atoms with van der Waals surface area (Å²) in [4.78, 5) is 9.78. The number of benzene rings is 3. The van der Waals surface area contributed by atoms with Crippen LogP contribution in [0.1, 0.15) is 29.0 Å². The zero-order chi connectivity index (χ0) is 19.5. The first-order chi connectivity index (χ1) is 14.4. The summed E-state index contributed by atoms with van der Waals surface area (Å²) in [6, 6.07) is 36.6. The molecule has 2 heterocycles. The standard InChI is InChI=1S/C26H20N2O/c1-4-11-19(12-5-1)22-17-10-18-23(27-22)26-28-24(20-13-6-2-7-14-20)25(29-26)21-15-8-3-9-16-21/h1-18,24-25H. The Morgan fingerprint density at radius 2 is 1.14 bits per heavy atom. The number of hydrogen-bond donors (Lipinski definition) is 0. The predicted molar refractivity (Wildman–Crippen MR) is 116 cm³/mol. The van der Waals surface area contributed by atoms with Gasteiger partial charge in [-0.3, -0.25) is 0 Å². The molecular weight excluding hydrogens is 356 g/mol. The number of rotatable bonds is 4. The molecule has 2 atom stereocenters. The van der Waals surface area contributed by atoms with E-state index in [4.69, 9.17) is 14.7 Å². The third-order valence-electron chi connectivity index (χ3n) is 5.09. The molecular formula is C26H20N2O. The van der Waals surface area contributed by atoms with Crippen molar-refractivity contribution < 1.29 is 4.74 Å². The Balaban J connectivity index is 1.54. The van der Waals surface area contributed by atoms with E-state index in [1.54, 1.807) is 0 Å². The van der Waals surface area contributed by atoms with Gasteiger partial charge >= 0.3 is 0 Å². The van der Waals surface area contributed by atoms with E-state index in [1.165, 1.54) is 0 Å². The van der Waals surface area contributed by atoms with Gasteiger partial charge in [0.05, 0.1) is 5.69 Å². The summed E-state index contributed by atoms with van der Waals surface area (Å²) < 4.78 is 6.38. The van der Waals surface area contributed by atoms with Crippen molar-refractivity contribution in [2.45, 2.75) is 12.1 Å². The number of hydrogen-bond acceptors (Lipinski definition) is 3. The molecule has 0 spiro atoms. The van der Waals surface area contributed by atoms with E-state index in [-0.39, 0.29) is 12.1 Å². The number of nitrogens with zero attached hydrogens (tertiary/aromatic N) is 2. The first kappa shape index (κ1) is 17.4. The third-order valence-corrected chi connectivity index (χ3v) is 5.09. The topological polar surface area (TPSA) is 34.5 Å². The number of aliphatic imine (C=N–C) groups is 1. The molecule has 2 unspecified atom stereocenters. The van der Waals surface area contributed by atoms with E-state index < -0.39 is 0 Å². The van der Waals surface area contributed by atoms with Crippen LogP contribution in [0.15, 0.2) is 114 Å². The lowest BCUT2D eigenvalue weighted by molar-refractivity contribution is 0.196. The van der Waals surface area contributed by atoms with E-state index in [9.17, 15) is 0 Å². The summed E-state index contributed by atoms with van der Waals surface area (Å²) in [5.74, 6) is 0.588. The Kier molecular flexibility index (Phi) is 4.63. The molecule has 0 aliphatic carbocycles. The van der Waals surface area contributed by atoms with E-state index >= 15 is 0 Å². The molecule has 0 N–H and O–H groups in total. The lowest BCUT2D eigenvalue weighted by Crippen LogP contribution is -2.10. The number of pyridine rings is 1. The average Bonchev–Trinajstić information content (AvgIpc) is 3.27. The van der Waals surface area contributed by atoms with Gasteiger partial charge in [0.25, 0.3) is 0 Å². The molecule has 140 valence electrons. The highest BCUT2D eigenvalue weighted by Gasteiger charge is 2.34. The Hall–Kier alpha value is -3.72. The van der Waals surface area contributed by atoms with Crippen molar-refractivity contribution in [1.82, 2.24) is 4.98 Å². The van der Waals surface area contributed by atoms with Gasteiger partial charge in [0, 0.05) is 5.56 Å². The molecule has 0 saturated heterocycles. The molecule has 1 aromatic heterocycles. The minimum absolute atomic E-state index is 0.101. The number of ether oxygens (including phenoxy) is 1. The van der Waals surface area contributed by atoms with Crippen LogP contribution in [0.4, 0.5) is 0 Å². The maximum absolute atomic E-state index is 6.38. The third kappa shape index (κ3) is 3.55. The van der Waals surface area contributed by atoms with Crippen molar-refractivity contribution in [3.8, 4) is 11.3 Å². The van der Waals surface area contributed by atoms with Gasteiger partial charge in [-0.15, -0.1) is 0 Å². The quantitative estimate of drug-likeness (QED) is 0.437. The number of aromatic nitrogens is 1. The van der Waals surface area contributed by atoms with Gasteiger partial charge in [-0.25, -0.2) is 9.98 Å². The fourth-order valence-electron chi connectivity index (χ4n) is 3.65. The average molecular weight is 376 g/mol. The maximum atomic E-state index is 6.38. The summed E-state index contributed by atoms with van der Waals surface area (Å²) in [6.07, 6.45) is -0.171. The first-order valence-electron chi connectivity index (χ1n) is 9.76. The second kappa shape index (κ2) is 7.72. The minimum atomic E-state index is -0.171. The molecule has 1 aliphatic heterocycles. The van der Waals surface area contributed by atoms with Crippen LogP contribution < -0.4 is 0 Å². The molecule has 1 aliphatic rings. The normalized spacial score (nSPS) is 18.1. The molecule has 0 saturated carbocycles. The smallest absolute Gasteiger partial charge is 0.236 e. The molecule has 0 bridgehead atoms. The van der Waals surface area contributed by atoms with Gasteiger partial charge in [-0.1, -0.05) is 97.1 Å². The molecule has 3 heteroatoms. The van der Waals surface area contributed by atoms with Crippen LogP contribution in [0.5, 0.6) is 0 Å². The molecule has 4 aromatic rings. The lowest BCUT2D eigenvalue weighted by atomic mass is 9.97. The SMILES string of the molecule is c1ccc(-c2cccc(C3=NC(c4ccccc4)C(c4ccccc4)O3)n2)cc1. The fourth-order valence-corrected chi connectivity index (χ4v) is 3.65. The predicted octanol–water partition coefficient (Wildman–Crippen LogP) is 6.01. The molecule has 3 aromatic carbocycles. The molecule has 0 fully saturated rings. The van der Waals surface area contributed by atoms with Crippen molar-refractivity contribution >= 4 is 5.90 Å². The largest absolute Gasteiger partial charge is 0.465 e. The highest BCUT2D eigenvalue weighted by atomic mass is 16.5. The molecule has 5 rings (SSSR count). The summed E-state index contributed by atoms with van der Waals surface area (Å²) >= 11 is 0. The van der Waals surface area contributed by atoms with E-state index in [0.717, 1.165) is 28.1 Å². The van der Waals surface area contributed by atoms with Gasteiger partial charge in [-0.05, 0) is 23.3 Å². The highest BCUT2D eigenvalue weighted by molar-refractivity contribution is 5.94. The van der Waals surface area contributed by atoms with Crippen molar-refractivity contribution in [3.63, 3.8) is 0 Å². The molecule has 0 radical (unpaired) electrons. The summed E-state index contributed by atoms with van der Waals surface area (Å²) in [6.45, 7) is 0. The van der Waals surface area contributed by atoms with Crippen LogP contribution in [0.3, 0.4) is 0 Å². The van der Waals surface area contributed by atoms with Gasteiger partial charge in [0.2, 0.25) is 5.90 Å². The zero-order valence-electron chi connectivity index (χ0n) is 15.8. The zero-order valence-corrected chi connectivity index (χ0v) is 15.8. The molecule has 0 amide bonds.